The first-order valence-corrected chi connectivity index (χ1v) is 12.6. The summed E-state index contributed by atoms with van der Waals surface area (Å²) in [5.41, 5.74) is 1.58. The largest absolute Gasteiger partial charge is 0.378 e. The molecule has 2 aromatic heterocycles. The predicted molar refractivity (Wildman–Crippen MR) is 130 cm³/mol. The lowest BCUT2D eigenvalue weighted by molar-refractivity contribution is -0.126. The molecule has 10 nitrogen and oxygen atoms in total. The van der Waals surface area contributed by atoms with Crippen molar-refractivity contribution >= 4 is 46.1 Å². The Bertz CT molecular complexity index is 1180. The van der Waals surface area contributed by atoms with Crippen LogP contribution in [0, 0.1) is 5.92 Å². The number of benzene rings is 1. The highest BCUT2D eigenvalue weighted by molar-refractivity contribution is 7.98. The van der Waals surface area contributed by atoms with Crippen LogP contribution in [0.4, 0.5) is 11.5 Å². The number of rotatable bonds is 7. The first-order chi connectivity index (χ1) is 16.6. The minimum atomic E-state index is -0.361. The van der Waals surface area contributed by atoms with Crippen molar-refractivity contribution in [3.63, 3.8) is 0 Å². The zero-order valence-corrected chi connectivity index (χ0v) is 19.8. The number of hydrogen-bond acceptors (Lipinski definition) is 8. The third-order valence-electron chi connectivity index (χ3n) is 6.14. The van der Waals surface area contributed by atoms with Gasteiger partial charge in [0.1, 0.15) is 5.82 Å². The molecule has 5 rings (SSSR count). The van der Waals surface area contributed by atoms with Crippen LogP contribution in [-0.2, 0) is 20.9 Å². The normalized spacial score (nSPS) is 18.6. The van der Waals surface area contributed by atoms with Crippen LogP contribution in [-0.4, -0.2) is 77.2 Å². The molecule has 34 heavy (non-hydrogen) atoms. The van der Waals surface area contributed by atoms with Crippen molar-refractivity contribution in [2.24, 2.45) is 5.92 Å². The highest BCUT2D eigenvalue weighted by atomic mass is 32.2. The van der Waals surface area contributed by atoms with Gasteiger partial charge in [-0.3, -0.25) is 9.59 Å². The minimum Gasteiger partial charge on any atom is -0.378 e. The zero-order chi connectivity index (χ0) is 23.5. The van der Waals surface area contributed by atoms with Crippen LogP contribution < -0.4 is 15.1 Å². The molecule has 178 valence electrons. The van der Waals surface area contributed by atoms with Crippen LogP contribution in [0.25, 0.3) is 11.0 Å². The number of anilines is 2. The SMILES string of the molecule is CSc1nc(N2CCOCC2)c2cnn(CCNC(=O)C3CC(=O)N(c4ccccc4)C3)c2n1. The maximum absolute atomic E-state index is 12.8. The molecule has 0 bridgehead atoms. The molecule has 2 fully saturated rings. The molecule has 1 N–H and O–H groups in total. The molecule has 2 aliphatic heterocycles. The first-order valence-electron chi connectivity index (χ1n) is 11.4. The van der Waals surface area contributed by atoms with Crippen molar-refractivity contribution in [1.82, 2.24) is 25.1 Å². The molecule has 0 spiro atoms. The Labute approximate surface area is 201 Å². The lowest BCUT2D eigenvalue weighted by Gasteiger charge is -2.28. The van der Waals surface area contributed by atoms with E-state index in [0.717, 1.165) is 35.6 Å². The number of nitrogens with one attached hydrogen (secondary N) is 1. The number of thioether (sulfide) groups is 1. The number of carbonyl (C=O) groups is 2. The second-order valence-corrected chi connectivity index (χ2v) is 9.04. The summed E-state index contributed by atoms with van der Waals surface area (Å²) >= 11 is 1.49. The van der Waals surface area contributed by atoms with Crippen LogP contribution in [0.2, 0.25) is 0 Å². The van der Waals surface area contributed by atoms with Crippen molar-refractivity contribution in [1.29, 1.82) is 0 Å². The Morgan fingerprint density at radius 2 is 2.00 bits per heavy atom. The summed E-state index contributed by atoms with van der Waals surface area (Å²) in [7, 11) is 0. The fourth-order valence-electron chi connectivity index (χ4n) is 4.36. The number of morpholine rings is 1. The summed E-state index contributed by atoms with van der Waals surface area (Å²) in [4.78, 5) is 38.4. The lowest BCUT2D eigenvalue weighted by Crippen LogP contribution is -2.37. The molecular weight excluding hydrogens is 454 g/mol. The Morgan fingerprint density at radius 1 is 1.21 bits per heavy atom. The topological polar surface area (TPSA) is 105 Å². The van der Waals surface area contributed by atoms with Gasteiger partial charge in [-0.25, -0.2) is 14.6 Å². The molecule has 0 radical (unpaired) electrons. The smallest absolute Gasteiger partial charge is 0.227 e. The highest BCUT2D eigenvalue weighted by Gasteiger charge is 2.34. The molecule has 0 saturated carbocycles. The van der Waals surface area contributed by atoms with Gasteiger partial charge in [0.05, 0.1) is 37.3 Å². The van der Waals surface area contributed by atoms with Gasteiger partial charge in [-0.05, 0) is 18.4 Å². The summed E-state index contributed by atoms with van der Waals surface area (Å²) in [6.45, 7) is 4.18. The second kappa shape index (κ2) is 9.98. The zero-order valence-electron chi connectivity index (χ0n) is 19.0. The molecule has 11 heteroatoms. The third kappa shape index (κ3) is 4.58. The maximum atomic E-state index is 12.8. The monoisotopic (exact) mass is 481 g/mol. The standard InChI is InChI=1S/C23H27N7O3S/c1-34-23-26-20(28-9-11-33-12-10-28)18-14-25-30(21(18)27-23)8-7-24-22(32)16-13-19(31)29(15-16)17-5-3-2-4-6-17/h2-6,14,16H,7-13,15H2,1H3,(H,24,32). The second-order valence-electron chi connectivity index (χ2n) is 8.27. The Balaban J connectivity index is 1.24. The molecule has 3 aromatic rings. The molecule has 2 amide bonds. The lowest BCUT2D eigenvalue weighted by atomic mass is 10.1. The molecule has 1 unspecified atom stereocenters. The van der Waals surface area contributed by atoms with Crippen LogP contribution >= 0.6 is 11.8 Å². The van der Waals surface area contributed by atoms with Crippen molar-refractivity contribution in [2.75, 3.05) is 55.4 Å². The summed E-state index contributed by atoms with van der Waals surface area (Å²) in [6.07, 6.45) is 3.96. The van der Waals surface area contributed by atoms with Crippen molar-refractivity contribution in [3.8, 4) is 0 Å². The van der Waals surface area contributed by atoms with Gasteiger partial charge in [-0.15, -0.1) is 0 Å². The van der Waals surface area contributed by atoms with Crippen molar-refractivity contribution < 1.29 is 14.3 Å². The number of para-hydroxylation sites is 1. The Hall–Kier alpha value is -3.18. The molecule has 0 aliphatic carbocycles. The Kier molecular flexibility index (Phi) is 6.63. The summed E-state index contributed by atoms with van der Waals surface area (Å²) in [5, 5.41) is 9.07. The van der Waals surface area contributed by atoms with E-state index in [1.54, 1.807) is 15.8 Å². The van der Waals surface area contributed by atoms with Gasteiger partial charge in [0.15, 0.2) is 10.8 Å². The molecule has 1 atom stereocenters. The third-order valence-corrected chi connectivity index (χ3v) is 6.68. The number of nitrogens with zero attached hydrogens (tertiary/aromatic N) is 6. The van der Waals surface area contributed by atoms with E-state index in [1.165, 1.54) is 11.8 Å². The van der Waals surface area contributed by atoms with E-state index < -0.39 is 0 Å². The van der Waals surface area contributed by atoms with Gasteiger partial charge in [-0.1, -0.05) is 30.0 Å². The van der Waals surface area contributed by atoms with E-state index >= 15 is 0 Å². The van der Waals surface area contributed by atoms with E-state index in [0.29, 0.717) is 38.0 Å². The number of fused-ring (bicyclic) bond motifs is 1. The van der Waals surface area contributed by atoms with Gasteiger partial charge >= 0.3 is 0 Å². The van der Waals surface area contributed by atoms with Crippen molar-refractivity contribution in [3.05, 3.63) is 36.5 Å². The number of hydrogen-bond donors (Lipinski definition) is 1. The van der Waals surface area contributed by atoms with Crippen LogP contribution in [0.1, 0.15) is 6.42 Å². The number of carbonyl (C=O) groups excluding carboxylic acids is 2. The number of aromatic nitrogens is 4. The van der Waals surface area contributed by atoms with Crippen LogP contribution in [0.5, 0.6) is 0 Å². The van der Waals surface area contributed by atoms with Gasteiger partial charge in [0.25, 0.3) is 0 Å². The summed E-state index contributed by atoms with van der Waals surface area (Å²) in [6, 6.07) is 9.46. The van der Waals surface area contributed by atoms with Gasteiger partial charge in [0.2, 0.25) is 11.8 Å². The molecular formula is C23H27N7O3S. The number of amides is 2. The minimum absolute atomic E-state index is 0.0265. The van der Waals surface area contributed by atoms with Crippen LogP contribution in [0.15, 0.2) is 41.7 Å². The Morgan fingerprint density at radius 3 is 2.76 bits per heavy atom. The van der Waals surface area contributed by atoms with E-state index in [-0.39, 0.29) is 24.2 Å². The van der Waals surface area contributed by atoms with Gasteiger partial charge < -0.3 is 19.9 Å². The molecule has 1 aromatic carbocycles. The quantitative estimate of drug-likeness (QED) is 0.400. The number of ether oxygens (including phenoxy) is 1. The average molecular weight is 482 g/mol. The van der Waals surface area contributed by atoms with Gasteiger partial charge in [0, 0.05) is 38.3 Å². The summed E-state index contributed by atoms with van der Waals surface area (Å²) in [5.74, 6) is 0.372. The van der Waals surface area contributed by atoms with E-state index in [4.69, 9.17) is 9.72 Å². The first kappa shape index (κ1) is 22.6. The van der Waals surface area contributed by atoms with E-state index in [9.17, 15) is 9.59 Å². The fraction of sp³-hybridized carbons (Fsp3) is 0.435. The molecule has 4 heterocycles. The average Bonchev–Trinajstić information content (AvgIpc) is 3.48. The van der Waals surface area contributed by atoms with Crippen LogP contribution in [0.3, 0.4) is 0 Å². The summed E-state index contributed by atoms with van der Waals surface area (Å²) < 4.78 is 7.28. The highest BCUT2D eigenvalue weighted by Crippen LogP contribution is 2.27. The van der Waals surface area contributed by atoms with E-state index in [2.05, 4.69) is 20.3 Å². The maximum Gasteiger partial charge on any atom is 0.227 e. The van der Waals surface area contributed by atoms with Crippen molar-refractivity contribution in [2.45, 2.75) is 18.1 Å². The van der Waals surface area contributed by atoms with E-state index in [1.807, 2.05) is 36.6 Å². The molecule has 2 aliphatic rings. The van der Waals surface area contributed by atoms with Gasteiger partial charge in [-0.2, -0.15) is 5.10 Å². The predicted octanol–water partition coefficient (Wildman–Crippen LogP) is 1.55. The fourth-order valence-corrected chi connectivity index (χ4v) is 4.72. The molecule has 2 saturated heterocycles.